The Morgan fingerprint density at radius 1 is 1.11 bits per heavy atom. The summed E-state index contributed by atoms with van der Waals surface area (Å²) in [6.45, 7) is 11.3. The van der Waals surface area contributed by atoms with Crippen molar-refractivity contribution in [1.82, 2.24) is 29.4 Å². The van der Waals surface area contributed by atoms with Gasteiger partial charge in [0.15, 0.2) is 10.8 Å². The minimum Gasteiger partial charge on any atom is -0.444 e. The second-order valence-electron chi connectivity index (χ2n) is 7.76. The molecule has 0 atom stereocenters. The summed E-state index contributed by atoms with van der Waals surface area (Å²) in [6.07, 6.45) is -0.331. The number of hydrogen-bond acceptors (Lipinski definition) is 7. The average Bonchev–Trinajstić information content (AvgIpc) is 3.01. The van der Waals surface area contributed by atoms with Crippen molar-refractivity contribution in [1.29, 1.82) is 0 Å². The molecule has 2 aromatic heterocycles. The first-order valence-corrected chi connectivity index (χ1v) is 10.2. The molecule has 3 rings (SSSR count). The van der Waals surface area contributed by atoms with Gasteiger partial charge in [-0.25, -0.2) is 9.78 Å². The molecule has 0 bridgehead atoms. The van der Waals surface area contributed by atoms with E-state index < -0.39 is 5.60 Å². The number of fused-ring (bicyclic) bond motifs is 1. The molecular formula is C18H26N6O3S. The third kappa shape index (κ3) is 4.73. The Morgan fingerprint density at radius 3 is 2.39 bits per heavy atom. The van der Waals surface area contributed by atoms with E-state index in [1.165, 1.54) is 11.8 Å². The minimum atomic E-state index is -0.521. The molecule has 1 aliphatic rings. The van der Waals surface area contributed by atoms with E-state index in [0.717, 1.165) is 17.2 Å². The van der Waals surface area contributed by atoms with Crippen LogP contribution in [0.5, 0.6) is 0 Å². The number of piperazine rings is 1. The Morgan fingerprint density at radius 2 is 1.75 bits per heavy atom. The highest BCUT2D eigenvalue weighted by Gasteiger charge is 2.27. The second-order valence-corrected chi connectivity index (χ2v) is 8.70. The first-order valence-electron chi connectivity index (χ1n) is 9.22. The molecule has 28 heavy (non-hydrogen) atoms. The third-order valence-corrected chi connectivity index (χ3v) is 5.18. The summed E-state index contributed by atoms with van der Waals surface area (Å²) in [5.74, 6) is 1.07. The van der Waals surface area contributed by atoms with E-state index in [0.29, 0.717) is 31.3 Å². The number of hydrogen-bond donors (Lipinski definition) is 0. The van der Waals surface area contributed by atoms with Crippen LogP contribution in [0.15, 0.2) is 11.2 Å². The Kier molecular flexibility index (Phi) is 5.78. The highest BCUT2D eigenvalue weighted by Crippen LogP contribution is 2.20. The molecule has 1 aliphatic heterocycles. The highest BCUT2D eigenvalue weighted by molar-refractivity contribution is 7.99. The van der Waals surface area contributed by atoms with Crippen LogP contribution >= 0.6 is 11.8 Å². The summed E-state index contributed by atoms with van der Waals surface area (Å²) >= 11 is 1.35. The number of carbonyl (C=O) groups is 2. The fraction of sp³-hybridized carbons (Fsp3) is 0.611. The van der Waals surface area contributed by atoms with Gasteiger partial charge in [-0.3, -0.25) is 9.20 Å². The standard InChI is InChI=1S/C18H26N6O3S/c1-12-10-14-20-21-16(24(14)13(2)19-12)28-11-15(25)22-6-8-23(9-7-22)17(26)27-18(3,4)5/h10H,6-9,11H2,1-5H3. The lowest BCUT2D eigenvalue weighted by atomic mass is 10.2. The van der Waals surface area contributed by atoms with Crippen molar-refractivity contribution in [3.05, 3.63) is 17.6 Å². The molecule has 0 saturated carbocycles. The Balaban J connectivity index is 1.54. The number of rotatable bonds is 3. The van der Waals surface area contributed by atoms with Crippen molar-refractivity contribution in [2.75, 3.05) is 31.9 Å². The van der Waals surface area contributed by atoms with Crippen molar-refractivity contribution < 1.29 is 14.3 Å². The van der Waals surface area contributed by atoms with Gasteiger partial charge in [0.1, 0.15) is 11.4 Å². The van der Waals surface area contributed by atoms with E-state index in [4.69, 9.17) is 4.74 Å². The largest absolute Gasteiger partial charge is 0.444 e. The van der Waals surface area contributed by atoms with E-state index >= 15 is 0 Å². The molecule has 0 radical (unpaired) electrons. The lowest BCUT2D eigenvalue weighted by molar-refractivity contribution is -0.130. The van der Waals surface area contributed by atoms with Gasteiger partial charge in [0.25, 0.3) is 0 Å². The van der Waals surface area contributed by atoms with Crippen LogP contribution in [0.2, 0.25) is 0 Å². The maximum atomic E-state index is 12.6. The Labute approximate surface area is 168 Å². The van der Waals surface area contributed by atoms with Crippen molar-refractivity contribution in [3.63, 3.8) is 0 Å². The fourth-order valence-corrected chi connectivity index (χ4v) is 3.87. The van der Waals surface area contributed by atoms with Gasteiger partial charge in [0, 0.05) is 37.9 Å². The summed E-state index contributed by atoms with van der Waals surface area (Å²) in [5, 5.41) is 8.99. The minimum absolute atomic E-state index is 0.0170. The molecule has 1 fully saturated rings. The monoisotopic (exact) mass is 406 g/mol. The predicted octanol–water partition coefficient (Wildman–Crippen LogP) is 1.91. The van der Waals surface area contributed by atoms with E-state index in [-0.39, 0.29) is 17.8 Å². The zero-order valence-electron chi connectivity index (χ0n) is 16.9. The topological polar surface area (TPSA) is 92.9 Å². The van der Waals surface area contributed by atoms with Crippen LogP contribution in [0, 0.1) is 13.8 Å². The van der Waals surface area contributed by atoms with Crippen LogP contribution in [-0.2, 0) is 9.53 Å². The Hall–Kier alpha value is -2.36. The summed E-state index contributed by atoms with van der Waals surface area (Å²) < 4.78 is 7.24. The van der Waals surface area contributed by atoms with E-state index in [2.05, 4.69) is 15.2 Å². The van der Waals surface area contributed by atoms with Gasteiger partial charge in [-0.15, -0.1) is 10.2 Å². The predicted molar refractivity (Wildman–Crippen MR) is 105 cm³/mol. The number of amides is 2. The number of carbonyl (C=O) groups excluding carboxylic acids is 2. The maximum Gasteiger partial charge on any atom is 0.410 e. The number of ether oxygens (including phenoxy) is 1. The smallest absolute Gasteiger partial charge is 0.410 e. The summed E-state index contributed by atoms with van der Waals surface area (Å²) in [7, 11) is 0. The van der Waals surface area contributed by atoms with Crippen LogP contribution in [0.1, 0.15) is 32.3 Å². The molecule has 3 heterocycles. The van der Waals surface area contributed by atoms with Crippen LogP contribution < -0.4 is 0 Å². The van der Waals surface area contributed by atoms with E-state index in [1.54, 1.807) is 9.80 Å². The van der Waals surface area contributed by atoms with Gasteiger partial charge in [-0.2, -0.15) is 0 Å². The number of aryl methyl sites for hydroxylation is 2. The molecule has 0 spiro atoms. The molecule has 10 heteroatoms. The van der Waals surface area contributed by atoms with Gasteiger partial charge >= 0.3 is 6.09 Å². The summed E-state index contributed by atoms with van der Waals surface area (Å²) in [4.78, 5) is 32.5. The Bertz CT molecular complexity index is 883. The number of aromatic nitrogens is 4. The van der Waals surface area contributed by atoms with Gasteiger partial charge in [-0.1, -0.05) is 11.8 Å². The second kappa shape index (κ2) is 7.94. The van der Waals surface area contributed by atoms with Gasteiger partial charge in [-0.05, 0) is 34.6 Å². The number of thioether (sulfide) groups is 1. The summed E-state index contributed by atoms with van der Waals surface area (Å²) in [5.41, 5.74) is 1.09. The highest BCUT2D eigenvalue weighted by atomic mass is 32.2. The molecule has 9 nitrogen and oxygen atoms in total. The van der Waals surface area contributed by atoms with Crippen molar-refractivity contribution in [2.45, 2.75) is 45.4 Å². The SMILES string of the molecule is Cc1cc2nnc(SCC(=O)N3CCN(C(=O)OC(C)(C)C)CC3)n2c(C)n1. The lowest BCUT2D eigenvalue weighted by Gasteiger charge is -2.35. The summed E-state index contributed by atoms with van der Waals surface area (Å²) in [6, 6.07) is 1.86. The average molecular weight is 407 g/mol. The molecular weight excluding hydrogens is 380 g/mol. The van der Waals surface area contributed by atoms with Crippen molar-refractivity contribution >= 4 is 29.4 Å². The van der Waals surface area contributed by atoms with Gasteiger partial charge in [0.2, 0.25) is 5.91 Å². The maximum absolute atomic E-state index is 12.6. The lowest BCUT2D eigenvalue weighted by Crippen LogP contribution is -2.52. The molecule has 0 aliphatic carbocycles. The van der Waals surface area contributed by atoms with Crippen LogP contribution in [0.4, 0.5) is 4.79 Å². The normalized spacial score (nSPS) is 15.2. The molecule has 2 aromatic rings. The fourth-order valence-electron chi connectivity index (χ4n) is 2.98. The zero-order chi connectivity index (χ0) is 20.5. The molecule has 152 valence electrons. The third-order valence-electron chi connectivity index (χ3n) is 4.27. The van der Waals surface area contributed by atoms with Crippen LogP contribution in [0.3, 0.4) is 0 Å². The van der Waals surface area contributed by atoms with E-state index in [1.807, 2.05) is 45.1 Å². The first kappa shape index (κ1) is 20.4. The molecule has 1 saturated heterocycles. The molecule has 0 aromatic carbocycles. The molecule has 2 amide bonds. The van der Waals surface area contributed by atoms with Crippen LogP contribution in [0.25, 0.3) is 5.65 Å². The quantitative estimate of drug-likeness (QED) is 0.719. The van der Waals surface area contributed by atoms with Crippen molar-refractivity contribution in [2.24, 2.45) is 0 Å². The zero-order valence-corrected chi connectivity index (χ0v) is 17.7. The van der Waals surface area contributed by atoms with Gasteiger partial charge in [0.05, 0.1) is 5.75 Å². The molecule has 0 N–H and O–H groups in total. The first-order chi connectivity index (χ1) is 13.1. The van der Waals surface area contributed by atoms with Crippen LogP contribution in [-0.4, -0.2) is 78.9 Å². The molecule has 0 unspecified atom stereocenters. The van der Waals surface area contributed by atoms with Gasteiger partial charge < -0.3 is 14.5 Å². The van der Waals surface area contributed by atoms with E-state index in [9.17, 15) is 9.59 Å². The number of nitrogens with zero attached hydrogens (tertiary/aromatic N) is 6. The van der Waals surface area contributed by atoms with Crippen molar-refractivity contribution in [3.8, 4) is 0 Å².